The molecule has 124 valence electrons. The van der Waals surface area contributed by atoms with Crippen molar-refractivity contribution in [2.45, 2.75) is 36.6 Å². The summed E-state index contributed by atoms with van der Waals surface area (Å²) in [5.41, 5.74) is -1.12. The molecule has 0 aromatic heterocycles. The first kappa shape index (κ1) is 17.6. The van der Waals surface area contributed by atoms with Crippen LogP contribution in [-0.2, 0) is 4.79 Å². The number of nitrogens with one attached hydrogen (secondary N) is 1. The van der Waals surface area contributed by atoms with Crippen LogP contribution in [0.4, 0.5) is 18.9 Å². The molecule has 0 fully saturated rings. The molecule has 2 rings (SSSR count). The molecular formula is C14H12BrF3N2O3. The van der Waals surface area contributed by atoms with Gasteiger partial charge in [-0.3, -0.25) is 4.79 Å². The molecule has 2 atom stereocenters. The van der Waals surface area contributed by atoms with Crippen molar-refractivity contribution in [3.8, 4) is 11.8 Å². The maximum absolute atomic E-state index is 12.4. The highest BCUT2D eigenvalue weighted by molar-refractivity contribution is 9.09. The van der Waals surface area contributed by atoms with Gasteiger partial charge in [0.05, 0.1) is 22.2 Å². The van der Waals surface area contributed by atoms with Gasteiger partial charge in [-0.1, -0.05) is 15.9 Å². The Hall–Kier alpha value is -1.79. The average molecular weight is 393 g/mol. The van der Waals surface area contributed by atoms with Crippen LogP contribution in [0.3, 0.4) is 0 Å². The number of hydrogen-bond acceptors (Lipinski definition) is 4. The Balaban J connectivity index is 2.49. The van der Waals surface area contributed by atoms with Crippen molar-refractivity contribution in [1.82, 2.24) is 0 Å². The van der Waals surface area contributed by atoms with Gasteiger partial charge >= 0.3 is 12.1 Å². The first-order valence-electron chi connectivity index (χ1n) is 6.44. The number of nitrogens with zero attached hydrogens (tertiary/aromatic N) is 1. The minimum atomic E-state index is -5.08. The van der Waals surface area contributed by atoms with Crippen LogP contribution in [0.25, 0.3) is 0 Å². The molecule has 0 saturated heterocycles. The molecule has 0 radical (unpaired) electrons. The van der Waals surface area contributed by atoms with Gasteiger partial charge in [0.1, 0.15) is 17.4 Å². The van der Waals surface area contributed by atoms with Gasteiger partial charge < -0.3 is 15.2 Å². The summed E-state index contributed by atoms with van der Waals surface area (Å²) in [6.07, 6.45) is -6.10. The summed E-state index contributed by atoms with van der Waals surface area (Å²) >= 11 is 3.30. The third-order valence-electron chi connectivity index (χ3n) is 3.41. The van der Waals surface area contributed by atoms with Gasteiger partial charge in [-0.15, -0.1) is 0 Å². The minimum absolute atomic E-state index is 0.106. The fourth-order valence-corrected chi connectivity index (χ4v) is 2.56. The lowest BCUT2D eigenvalue weighted by Crippen LogP contribution is -2.45. The number of hydrogen-bond donors (Lipinski definition) is 2. The second kappa shape index (κ2) is 5.69. The molecule has 1 heterocycles. The fourth-order valence-electron chi connectivity index (χ4n) is 2.18. The number of fused-ring (bicyclic) bond motifs is 1. The van der Waals surface area contributed by atoms with Crippen LogP contribution < -0.4 is 10.1 Å². The minimum Gasteiger partial charge on any atom is -0.486 e. The van der Waals surface area contributed by atoms with Gasteiger partial charge in [-0.2, -0.15) is 18.4 Å². The number of nitriles is 1. The largest absolute Gasteiger partial charge is 0.486 e. The quantitative estimate of drug-likeness (QED) is 0.719. The summed E-state index contributed by atoms with van der Waals surface area (Å²) in [5.74, 6) is -2.09. The van der Waals surface area contributed by atoms with Crippen LogP contribution in [0.1, 0.15) is 31.1 Å². The highest BCUT2D eigenvalue weighted by atomic mass is 79.9. The van der Waals surface area contributed by atoms with Crippen LogP contribution in [0.15, 0.2) is 12.1 Å². The van der Waals surface area contributed by atoms with E-state index in [1.807, 2.05) is 0 Å². The summed E-state index contributed by atoms with van der Waals surface area (Å²) < 4.78 is 42.8. The lowest BCUT2D eigenvalue weighted by atomic mass is 9.90. The van der Waals surface area contributed by atoms with Crippen LogP contribution in [-0.4, -0.2) is 27.6 Å². The Morgan fingerprint density at radius 1 is 1.48 bits per heavy atom. The van der Waals surface area contributed by atoms with E-state index in [1.54, 1.807) is 25.2 Å². The first-order chi connectivity index (χ1) is 10.5. The van der Waals surface area contributed by atoms with Crippen LogP contribution in [0.2, 0.25) is 0 Å². The fraction of sp³-hybridized carbons (Fsp3) is 0.429. The summed E-state index contributed by atoms with van der Waals surface area (Å²) in [4.78, 5) is 10.6. The Labute approximate surface area is 138 Å². The van der Waals surface area contributed by atoms with E-state index < -0.39 is 28.6 Å². The maximum Gasteiger partial charge on any atom is 0.471 e. The van der Waals surface area contributed by atoms with Crippen LogP contribution >= 0.6 is 15.9 Å². The third kappa shape index (κ3) is 3.28. The van der Waals surface area contributed by atoms with E-state index in [2.05, 4.69) is 15.9 Å². The monoisotopic (exact) mass is 392 g/mol. The first-order valence-corrected chi connectivity index (χ1v) is 7.36. The van der Waals surface area contributed by atoms with E-state index in [0.717, 1.165) is 6.07 Å². The SMILES string of the molecule is CC1(C)Oc2cc(NC(=O)C(F)(F)F)c(C#N)cc2C(O)C1Br. The van der Waals surface area contributed by atoms with Crippen LogP contribution in [0, 0.1) is 11.3 Å². The number of carbonyl (C=O) groups excluding carboxylic acids is 1. The number of amides is 1. The predicted octanol–water partition coefficient (Wildman–Crippen LogP) is 3.03. The molecule has 1 aliphatic rings. The summed E-state index contributed by atoms with van der Waals surface area (Å²) in [7, 11) is 0. The van der Waals surface area contributed by atoms with Gasteiger partial charge in [0.25, 0.3) is 0 Å². The zero-order valence-electron chi connectivity index (χ0n) is 12.0. The molecule has 1 aromatic rings. The molecule has 1 amide bonds. The second-order valence-corrected chi connectivity index (χ2v) is 6.54. The van der Waals surface area contributed by atoms with Crippen molar-refractivity contribution in [2.24, 2.45) is 0 Å². The molecule has 5 nitrogen and oxygen atoms in total. The number of rotatable bonds is 1. The molecule has 23 heavy (non-hydrogen) atoms. The van der Waals surface area contributed by atoms with Crippen LogP contribution in [0.5, 0.6) is 5.75 Å². The Kier molecular flexibility index (Phi) is 4.34. The lowest BCUT2D eigenvalue weighted by molar-refractivity contribution is -0.167. The van der Waals surface area contributed by atoms with Gasteiger partial charge in [0.15, 0.2) is 0 Å². The molecule has 1 aliphatic heterocycles. The Morgan fingerprint density at radius 2 is 2.09 bits per heavy atom. The molecule has 9 heteroatoms. The van der Waals surface area contributed by atoms with Gasteiger partial charge in [0, 0.05) is 11.6 Å². The molecule has 1 aromatic carbocycles. The molecular weight excluding hydrogens is 381 g/mol. The van der Waals surface area contributed by atoms with E-state index in [-0.39, 0.29) is 22.6 Å². The zero-order valence-corrected chi connectivity index (χ0v) is 13.6. The van der Waals surface area contributed by atoms with Crippen molar-refractivity contribution < 1.29 is 27.8 Å². The number of ether oxygens (including phenoxy) is 1. The smallest absolute Gasteiger partial charge is 0.471 e. The van der Waals surface area contributed by atoms with Crippen molar-refractivity contribution in [1.29, 1.82) is 5.26 Å². The standard InChI is InChI=1S/C14H12BrF3N2O3/c1-13(2)11(15)10(21)7-3-6(5-19)8(4-9(7)23-13)20-12(22)14(16,17)18/h3-4,10-11,21H,1-2H3,(H,20,22). The molecule has 2 N–H and O–H groups in total. The second-order valence-electron chi connectivity index (χ2n) is 5.55. The Morgan fingerprint density at radius 3 is 2.61 bits per heavy atom. The average Bonchev–Trinajstić information content (AvgIpc) is 2.43. The third-order valence-corrected chi connectivity index (χ3v) is 5.01. The maximum atomic E-state index is 12.4. The number of aliphatic hydroxyl groups excluding tert-OH is 1. The predicted molar refractivity (Wildman–Crippen MR) is 78.2 cm³/mol. The number of carbonyl (C=O) groups is 1. The topological polar surface area (TPSA) is 82.3 Å². The lowest BCUT2D eigenvalue weighted by Gasteiger charge is -2.40. The van der Waals surface area contributed by atoms with Crippen molar-refractivity contribution >= 4 is 27.5 Å². The van der Waals surface area contributed by atoms with Crippen molar-refractivity contribution in [2.75, 3.05) is 5.32 Å². The summed E-state index contributed by atoms with van der Waals surface area (Å²) in [6, 6.07) is 4.01. The summed E-state index contributed by atoms with van der Waals surface area (Å²) in [5, 5.41) is 21.0. The normalized spacial score (nSPS) is 22.5. The van der Waals surface area contributed by atoms with Crippen molar-refractivity contribution in [3.05, 3.63) is 23.3 Å². The summed E-state index contributed by atoms with van der Waals surface area (Å²) in [6.45, 7) is 3.37. The Bertz CT molecular complexity index is 698. The van der Waals surface area contributed by atoms with E-state index in [9.17, 15) is 23.1 Å². The number of halogens is 4. The molecule has 0 spiro atoms. The zero-order chi connectivity index (χ0) is 17.6. The molecule has 2 unspecified atom stereocenters. The highest BCUT2D eigenvalue weighted by Gasteiger charge is 2.43. The molecule has 0 bridgehead atoms. The van der Waals surface area contributed by atoms with Gasteiger partial charge in [-0.05, 0) is 19.9 Å². The number of aliphatic hydroxyl groups is 1. The van der Waals surface area contributed by atoms with E-state index in [0.29, 0.717) is 0 Å². The molecule has 0 saturated carbocycles. The molecule has 0 aliphatic carbocycles. The highest BCUT2D eigenvalue weighted by Crippen LogP contribution is 2.45. The van der Waals surface area contributed by atoms with Gasteiger partial charge in [-0.25, -0.2) is 0 Å². The van der Waals surface area contributed by atoms with E-state index in [4.69, 9.17) is 10.00 Å². The van der Waals surface area contributed by atoms with Crippen molar-refractivity contribution in [3.63, 3.8) is 0 Å². The number of alkyl halides is 4. The van der Waals surface area contributed by atoms with E-state index >= 15 is 0 Å². The van der Waals surface area contributed by atoms with E-state index in [1.165, 1.54) is 6.07 Å². The van der Waals surface area contributed by atoms with Gasteiger partial charge in [0.2, 0.25) is 0 Å². The number of benzene rings is 1. The number of anilines is 1.